The number of aryl methyl sites for hydroxylation is 1. The summed E-state index contributed by atoms with van der Waals surface area (Å²) in [6.45, 7) is 2.78. The van der Waals surface area contributed by atoms with Gasteiger partial charge in [0.25, 0.3) is 0 Å². The van der Waals surface area contributed by atoms with Crippen molar-refractivity contribution in [2.45, 2.75) is 45.2 Å². The third-order valence-corrected chi connectivity index (χ3v) is 4.50. The molecule has 1 heterocycles. The lowest BCUT2D eigenvalue weighted by molar-refractivity contribution is -0.694. The lowest BCUT2D eigenvalue weighted by Gasteiger charge is -2.16. The highest BCUT2D eigenvalue weighted by Crippen LogP contribution is 2.13. The number of carboxylic acids is 1. The maximum atomic E-state index is 12.2. The molecule has 0 saturated heterocycles. The summed E-state index contributed by atoms with van der Waals surface area (Å²) in [6.07, 6.45) is 3.89. The van der Waals surface area contributed by atoms with E-state index in [-0.39, 0.29) is 13.0 Å². The number of aliphatic carboxylic acids is 1. The molecule has 2 rings (SSSR count). The van der Waals surface area contributed by atoms with Gasteiger partial charge in [-0.2, -0.15) is 0 Å². The zero-order valence-electron chi connectivity index (χ0n) is 15.6. The second kappa shape index (κ2) is 11.2. The number of hydrogen-bond donors (Lipinski definition) is 1. The molecule has 2 aromatic rings. The van der Waals surface area contributed by atoms with Crippen molar-refractivity contribution in [3.63, 3.8) is 0 Å². The average Bonchev–Trinajstić information content (AvgIpc) is 3.17. The van der Waals surface area contributed by atoms with Crippen molar-refractivity contribution < 1.29 is 29.2 Å². The number of quaternary nitrogens is 1. The van der Waals surface area contributed by atoms with Gasteiger partial charge in [0.15, 0.2) is 11.8 Å². The van der Waals surface area contributed by atoms with Crippen LogP contribution in [0.1, 0.15) is 37.5 Å². The minimum Gasteiger partial charge on any atom is -0.550 e. The van der Waals surface area contributed by atoms with Crippen molar-refractivity contribution >= 4 is 11.9 Å². The maximum absolute atomic E-state index is 12.2. The summed E-state index contributed by atoms with van der Waals surface area (Å²) in [7, 11) is 0. The first-order valence-corrected chi connectivity index (χ1v) is 9.30. The Morgan fingerprint density at radius 3 is 2.59 bits per heavy atom. The highest BCUT2D eigenvalue weighted by molar-refractivity contribution is 5.79. The summed E-state index contributed by atoms with van der Waals surface area (Å²) in [5.41, 5.74) is 1.29. The number of rotatable bonds is 12. The molecule has 2 N–H and O–H groups in total. The zero-order chi connectivity index (χ0) is 19.5. The molecular weight excluding hydrogens is 346 g/mol. The van der Waals surface area contributed by atoms with Crippen LogP contribution in [0.2, 0.25) is 0 Å². The first kappa shape index (κ1) is 20.7. The van der Waals surface area contributed by atoms with Crippen LogP contribution in [0.25, 0.3) is 0 Å². The van der Waals surface area contributed by atoms with E-state index in [1.165, 1.54) is 11.8 Å². The lowest BCUT2D eigenvalue weighted by atomic mass is 9.99. The van der Waals surface area contributed by atoms with Crippen LogP contribution in [-0.4, -0.2) is 24.6 Å². The number of hydrogen-bond acceptors (Lipinski definition) is 5. The van der Waals surface area contributed by atoms with E-state index < -0.39 is 18.0 Å². The van der Waals surface area contributed by atoms with Crippen LogP contribution >= 0.6 is 0 Å². The lowest BCUT2D eigenvalue weighted by Crippen LogP contribution is -2.91. The SMILES string of the molecule is C[C@H](CCOC(=O)[C@H](CC(=O)[O-])[NH2+]Cc1ccco1)CCc1ccccc1. The first-order valence-electron chi connectivity index (χ1n) is 9.30. The van der Waals surface area contributed by atoms with Crippen LogP contribution < -0.4 is 10.4 Å². The highest BCUT2D eigenvalue weighted by atomic mass is 16.5. The van der Waals surface area contributed by atoms with E-state index in [4.69, 9.17) is 9.15 Å². The number of furan rings is 1. The van der Waals surface area contributed by atoms with Crippen LogP contribution in [0.5, 0.6) is 0 Å². The summed E-state index contributed by atoms with van der Waals surface area (Å²) in [5, 5.41) is 12.5. The Hall–Kier alpha value is -2.60. The number of carbonyl (C=O) groups excluding carboxylic acids is 2. The van der Waals surface area contributed by atoms with Gasteiger partial charge in [0.05, 0.1) is 19.3 Å². The predicted octanol–water partition coefficient (Wildman–Crippen LogP) is 1.05. The van der Waals surface area contributed by atoms with Crippen LogP contribution in [0.15, 0.2) is 53.1 Å². The summed E-state index contributed by atoms with van der Waals surface area (Å²) >= 11 is 0. The molecule has 146 valence electrons. The third-order valence-electron chi connectivity index (χ3n) is 4.50. The molecule has 0 spiro atoms. The van der Waals surface area contributed by atoms with Crippen LogP contribution in [0, 0.1) is 5.92 Å². The molecule has 0 radical (unpaired) electrons. The maximum Gasteiger partial charge on any atom is 0.365 e. The fourth-order valence-corrected chi connectivity index (χ4v) is 2.80. The van der Waals surface area contributed by atoms with Gasteiger partial charge in [0.2, 0.25) is 0 Å². The van der Waals surface area contributed by atoms with Gasteiger partial charge < -0.3 is 24.4 Å². The average molecular weight is 373 g/mol. The molecule has 6 nitrogen and oxygen atoms in total. The number of nitrogens with two attached hydrogens (primary N) is 1. The quantitative estimate of drug-likeness (QED) is 0.561. The van der Waals surface area contributed by atoms with Crippen LogP contribution in [0.3, 0.4) is 0 Å². The van der Waals surface area contributed by atoms with Gasteiger partial charge in [-0.3, -0.25) is 0 Å². The number of esters is 1. The minimum absolute atomic E-state index is 0.285. The molecule has 0 saturated carbocycles. The molecule has 0 aliphatic carbocycles. The fraction of sp³-hybridized carbons (Fsp3) is 0.429. The normalized spacial score (nSPS) is 13.1. The molecule has 0 aliphatic rings. The molecule has 0 amide bonds. The Labute approximate surface area is 159 Å². The minimum atomic E-state index is -1.27. The molecule has 0 unspecified atom stereocenters. The van der Waals surface area contributed by atoms with Crippen molar-refractivity contribution in [1.82, 2.24) is 0 Å². The fourth-order valence-electron chi connectivity index (χ4n) is 2.80. The molecular formula is C21H27NO5. The van der Waals surface area contributed by atoms with Crippen molar-refractivity contribution in [2.75, 3.05) is 6.61 Å². The van der Waals surface area contributed by atoms with E-state index in [0.29, 0.717) is 18.2 Å². The predicted molar refractivity (Wildman–Crippen MR) is 97.3 cm³/mol. The van der Waals surface area contributed by atoms with E-state index in [1.54, 1.807) is 17.4 Å². The Bertz CT molecular complexity index is 684. The van der Waals surface area contributed by atoms with Gasteiger partial charge in [0, 0.05) is 5.97 Å². The van der Waals surface area contributed by atoms with Crippen LogP contribution in [0.4, 0.5) is 0 Å². The van der Waals surface area contributed by atoms with Gasteiger partial charge in [-0.25, -0.2) is 4.79 Å². The second-order valence-electron chi connectivity index (χ2n) is 6.79. The second-order valence-corrected chi connectivity index (χ2v) is 6.79. The van der Waals surface area contributed by atoms with Gasteiger partial charge in [-0.05, 0) is 42.9 Å². The van der Waals surface area contributed by atoms with Gasteiger partial charge in [-0.1, -0.05) is 37.3 Å². The topological polar surface area (TPSA) is 96.2 Å². The van der Waals surface area contributed by atoms with E-state index in [0.717, 1.165) is 19.3 Å². The van der Waals surface area contributed by atoms with Gasteiger partial charge in [0.1, 0.15) is 6.54 Å². The Morgan fingerprint density at radius 1 is 1.15 bits per heavy atom. The Balaban J connectivity index is 1.70. The third kappa shape index (κ3) is 8.09. The van der Waals surface area contributed by atoms with Crippen molar-refractivity contribution in [2.24, 2.45) is 5.92 Å². The van der Waals surface area contributed by atoms with Crippen molar-refractivity contribution in [3.05, 3.63) is 60.1 Å². The summed E-state index contributed by atoms with van der Waals surface area (Å²) in [6, 6.07) is 12.9. The largest absolute Gasteiger partial charge is 0.550 e. The van der Waals surface area contributed by atoms with E-state index in [1.807, 2.05) is 18.2 Å². The molecule has 0 bridgehead atoms. The van der Waals surface area contributed by atoms with Crippen molar-refractivity contribution in [1.29, 1.82) is 0 Å². The van der Waals surface area contributed by atoms with Gasteiger partial charge in [-0.15, -0.1) is 0 Å². The van der Waals surface area contributed by atoms with Gasteiger partial charge >= 0.3 is 5.97 Å². The monoisotopic (exact) mass is 373 g/mol. The smallest absolute Gasteiger partial charge is 0.365 e. The molecule has 1 aromatic carbocycles. The molecule has 6 heteroatoms. The molecule has 2 atom stereocenters. The molecule has 0 aliphatic heterocycles. The number of ether oxygens (including phenoxy) is 1. The molecule has 0 fully saturated rings. The Kier molecular flexibility index (Phi) is 8.58. The molecule has 27 heavy (non-hydrogen) atoms. The number of carbonyl (C=O) groups is 2. The zero-order valence-corrected chi connectivity index (χ0v) is 15.6. The molecule has 1 aromatic heterocycles. The summed E-state index contributed by atoms with van der Waals surface area (Å²) < 4.78 is 10.5. The standard InChI is InChI=1S/C21H27NO5/c1-16(9-10-17-6-3-2-4-7-17)11-13-27-21(25)19(14-20(23)24)22-15-18-8-5-12-26-18/h2-8,12,16,19,22H,9-11,13-15H2,1H3,(H,23,24)/t16-,19-/m0/s1. The summed E-state index contributed by atoms with van der Waals surface area (Å²) in [5.74, 6) is -0.727. The highest BCUT2D eigenvalue weighted by Gasteiger charge is 2.24. The number of benzene rings is 1. The van der Waals surface area contributed by atoms with E-state index in [2.05, 4.69) is 19.1 Å². The first-order chi connectivity index (χ1) is 13.0. The summed E-state index contributed by atoms with van der Waals surface area (Å²) in [4.78, 5) is 23.1. The van der Waals surface area contributed by atoms with E-state index >= 15 is 0 Å². The van der Waals surface area contributed by atoms with Crippen molar-refractivity contribution in [3.8, 4) is 0 Å². The number of carboxylic acid groups (broad SMARTS) is 1. The van der Waals surface area contributed by atoms with Crippen LogP contribution in [-0.2, 0) is 27.3 Å². The van der Waals surface area contributed by atoms with E-state index in [9.17, 15) is 14.7 Å². The Morgan fingerprint density at radius 2 is 1.93 bits per heavy atom.